The first-order chi connectivity index (χ1) is 10.7. The van der Waals surface area contributed by atoms with Crippen LogP contribution in [0.5, 0.6) is 5.75 Å². The summed E-state index contributed by atoms with van der Waals surface area (Å²) >= 11 is 0. The predicted molar refractivity (Wildman–Crippen MR) is 81.0 cm³/mol. The molecule has 0 spiro atoms. The summed E-state index contributed by atoms with van der Waals surface area (Å²) in [5, 5.41) is 12.7. The van der Waals surface area contributed by atoms with Crippen LogP contribution in [0.4, 0.5) is 8.78 Å². The molecule has 2 N–H and O–H groups in total. The van der Waals surface area contributed by atoms with Gasteiger partial charge < -0.3 is 15.2 Å². The van der Waals surface area contributed by atoms with Crippen LogP contribution in [0.3, 0.4) is 0 Å². The lowest BCUT2D eigenvalue weighted by atomic mass is 10.1. The van der Waals surface area contributed by atoms with E-state index in [4.69, 9.17) is 4.74 Å². The van der Waals surface area contributed by atoms with Crippen molar-refractivity contribution in [3.8, 4) is 5.75 Å². The van der Waals surface area contributed by atoms with Gasteiger partial charge in [0, 0.05) is 6.54 Å². The molecule has 0 amide bonds. The van der Waals surface area contributed by atoms with E-state index in [2.05, 4.69) is 5.32 Å². The first-order valence-corrected chi connectivity index (χ1v) is 7.08. The Hall–Kier alpha value is -1.98. The molecule has 1 atom stereocenters. The molecule has 2 aromatic rings. The molecule has 1 unspecified atom stereocenters. The monoisotopic (exact) mass is 307 g/mol. The number of hydrogen-bond acceptors (Lipinski definition) is 3. The van der Waals surface area contributed by atoms with E-state index in [0.717, 1.165) is 11.1 Å². The maximum Gasteiger partial charge on any atom is 0.272 e. The van der Waals surface area contributed by atoms with Gasteiger partial charge in [-0.25, -0.2) is 8.78 Å². The standard InChI is InChI=1S/C17H19F2NO2/c18-17(19)12-22-15-8-6-13(7-9-15)10-20-16(11-21)14-4-2-1-3-5-14/h1-9,16-17,20-21H,10-12H2. The number of alkyl halides is 2. The summed E-state index contributed by atoms with van der Waals surface area (Å²) in [7, 11) is 0. The molecule has 0 saturated heterocycles. The molecule has 2 rings (SSSR count). The van der Waals surface area contributed by atoms with Crippen LogP contribution in [0.15, 0.2) is 54.6 Å². The van der Waals surface area contributed by atoms with Gasteiger partial charge in [0.1, 0.15) is 12.4 Å². The highest BCUT2D eigenvalue weighted by molar-refractivity contribution is 5.27. The Morgan fingerprint density at radius 3 is 2.27 bits per heavy atom. The van der Waals surface area contributed by atoms with Gasteiger partial charge in [0.05, 0.1) is 12.6 Å². The first-order valence-electron chi connectivity index (χ1n) is 7.08. The largest absolute Gasteiger partial charge is 0.488 e. The minimum absolute atomic E-state index is 0.000400. The molecule has 0 bridgehead atoms. The van der Waals surface area contributed by atoms with E-state index in [-0.39, 0.29) is 12.6 Å². The maximum atomic E-state index is 12.1. The molecule has 118 valence electrons. The molecule has 0 fully saturated rings. The second-order valence-electron chi connectivity index (χ2n) is 4.87. The molecule has 3 nitrogen and oxygen atoms in total. The lowest BCUT2D eigenvalue weighted by molar-refractivity contribution is 0.0819. The minimum atomic E-state index is -2.47. The third-order valence-corrected chi connectivity index (χ3v) is 3.24. The number of hydrogen-bond donors (Lipinski definition) is 2. The Kier molecular flexibility index (Phi) is 6.30. The van der Waals surface area contributed by atoms with Crippen LogP contribution in [0.2, 0.25) is 0 Å². The highest BCUT2D eigenvalue weighted by Crippen LogP contribution is 2.15. The van der Waals surface area contributed by atoms with Crippen molar-refractivity contribution in [3.05, 3.63) is 65.7 Å². The van der Waals surface area contributed by atoms with E-state index in [1.807, 2.05) is 42.5 Å². The maximum absolute atomic E-state index is 12.1. The topological polar surface area (TPSA) is 41.5 Å². The van der Waals surface area contributed by atoms with Crippen molar-refractivity contribution >= 4 is 0 Å². The quantitative estimate of drug-likeness (QED) is 0.787. The molecule has 0 aliphatic heterocycles. The van der Waals surface area contributed by atoms with Crippen molar-refractivity contribution in [1.82, 2.24) is 5.32 Å². The number of rotatable bonds is 8. The summed E-state index contributed by atoms with van der Waals surface area (Å²) in [5.74, 6) is 0.422. The van der Waals surface area contributed by atoms with Crippen molar-refractivity contribution in [2.45, 2.75) is 19.0 Å². The number of nitrogens with one attached hydrogen (secondary N) is 1. The minimum Gasteiger partial charge on any atom is -0.488 e. The summed E-state index contributed by atoms with van der Waals surface area (Å²) in [5.41, 5.74) is 2.00. The van der Waals surface area contributed by atoms with Crippen LogP contribution < -0.4 is 10.1 Å². The Morgan fingerprint density at radius 1 is 1.00 bits per heavy atom. The fourth-order valence-corrected chi connectivity index (χ4v) is 2.08. The highest BCUT2D eigenvalue weighted by Gasteiger charge is 2.09. The van der Waals surface area contributed by atoms with Crippen molar-refractivity contribution < 1.29 is 18.6 Å². The lowest BCUT2D eigenvalue weighted by Crippen LogP contribution is -2.23. The van der Waals surface area contributed by atoms with Crippen LogP contribution in [-0.2, 0) is 6.54 Å². The van der Waals surface area contributed by atoms with Gasteiger partial charge in [-0.15, -0.1) is 0 Å². The summed E-state index contributed by atoms with van der Waals surface area (Å²) < 4.78 is 29.0. The van der Waals surface area contributed by atoms with Gasteiger partial charge in [0.15, 0.2) is 0 Å². The molecule has 0 heterocycles. The zero-order valence-electron chi connectivity index (χ0n) is 12.1. The Labute approximate surface area is 128 Å². The SMILES string of the molecule is OCC(NCc1ccc(OCC(F)F)cc1)c1ccccc1. The summed E-state index contributed by atoms with van der Waals surface area (Å²) in [6.45, 7) is -0.0347. The van der Waals surface area contributed by atoms with Gasteiger partial charge >= 0.3 is 0 Å². The molecule has 2 aromatic carbocycles. The predicted octanol–water partition coefficient (Wildman–Crippen LogP) is 3.15. The fourth-order valence-electron chi connectivity index (χ4n) is 2.08. The smallest absolute Gasteiger partial charge is 0.272 e. The molecule has 0 saturated carbocycles. The molecule has 22 heavy (non-hydrogen) atoms. The molecule has 0 aromatic heterocycles. The number of ether oxygens (including phenoxy) is 1. The van der Waals surface area contributed by atoms with Crippen LogP contribution in [-0.4, -0.2) is 24.7 Å². The average molecular weight is 307 g/mol. The van der Waals surface area contributed by atoms with Crippen LogP contribution in [0.1, 0.15) is 17.2 Å². The number of aliphatic hydroxyl groups is 1. The van der Waals surface area contributed by atoms with E-state index < -0.39 is 13.0 Å². The normalized spacial score (nSPS) is 12.4. The Morgan fingerprint density at radius 2 is 1.68 bits per heavy atom. The van der Waals surface area contributed by atoms with Crippen LogP contribution >= 0.6 is 0 Å². The van der Waals surface area contributed by atoms with Gasteiger partial charge in [0.25, 0.3) is 6.43 Å². The van der Waals surface area contributed by atoms with Gasteiger partial charge in [-0.05, 0) is 23.3 Å². The second-order valence-corrected chi connectivity index (χ2v) is 4.87. The number of benzene rings is 2. The summed E-state index contributed by atoms with van der Waals surface area (Å²) in [6.07, 6.45) is -2.47. The van der Waals surface area contributed by atoms with Crippen molar-refractivity contribution in [1.29, 1.82) is 0 Å². The lowest BCUT2D eigenvalue weighted by Gasteiger charge is -2.17. The third-order valence-electron chi connectivity index (χ3n) is 3.24. The van der Waals surface area contributed by atoms with E-state index in [9.17, 15) is 13.9 Å². The molecule has 0 radical (unpaired) electrons. The third kappa shape index (κ3) is 5.09. The Bertz CT molecular complexity index is 546. The van der Waals surface area contributed by atoms with E-state index in [1.54, 1.807) is 12.1 Å². The summed E-state index contributed by atoms with van der Waals surface area (Å²) in [6, 6.07) is 16.5. The van der Waals surface area contributed by atoms with Crippen molar-refractivity contribution in [3.63, 3.8) is 0 Å². The molecular weight excluding hydrogens is 288 g/mol. The summed E-state index contributed by atoms with van der Waals surface area (Å²) in [4.78, 5) is 0. The van der Waals surface area contributed by atoms with Gasteiger partial charge in [-0.2, -0.15) is 0 Å². The highest BCUT2D eigenvalue weighted by atomic mass is 19.3. The van der Waals surface area contributed by atoms with Crippen LogP contribution in [0.25, 0.3) is 0 Å². The second kappa shape index (κ2) is 8.46. The van der Waals surface area contributed by atoms with E-state index in [0.29, 0.717) is 12.3 Å². The van der Waals surface area contributed by atoms with Gasteiger partial charge in [-0.3, -0.25) is 0 Å². The Balaban J connectivity index is 1.88. The van der Waals surface area contributed by atoms with Gasteiger partial charge in [0.2, 0.25) is 0 Å². The van der Waals surface area contributed by atoms with Crippen molar-refractivity contribution in [2.75, 3.05) is 13.2 Å². The van der Waals surface area contributed by atoms with E-state index in [1.165, 1.54) is 0 Å². The first kappa shape index (κ1) is 16.4. The number of halogens is 2. The molecule has 5 heteroatoms. The number of aliphatic hydroxyl groups excluding tert-OH is 1. The molecular formula is C17H19F2NO2. The zero-order valence-corrected chi connectivity index (χ0v) is 12.1. The average Bonchev–Trinajstić information content (AvgIpc) is 2.55. The van der Waals surface area contributed by atoms with E-state index >= 15 is 0 Å². The fraction of sp³-hybridized carbons (Fsp3) is 0.294. The zero-order chi connectivity index (χ0) is 15.8. The molecule has 0 aliphatic rings. The van der Waals surface area contributed by atoms with Crippen LogP contribution in [0, 0.1) is 0 Å². The van der Waals surface area contributed by atoms with Gasteiger partial charge in [-0.1, -0.05) is 42.5 Å². The van der Waals surface area contributed by atoms with Crippen molar-refractivity contribution in [2.24, 2.45) is 0 Å². The molecule has 0 aliphatic carbocycles.